The molecule has 15 heavy (non-hydrogen) atoms. The summed E-state index contributed by atoms with van der Waals surface area (Å²) in [4.78, 5) is 2.22. The Balaban J connectivity index is 3.08. The average Bonchev–Trinajstić information content (AvgIpc) is 2.09. The molecule has 0 aliphatic rings. The van der Waals surface area contributed by atoms with Crippen LogP contribution in [0.4, 0.5) is 0 Å². The zero-order valence-corrected chi connectivity index (χ0v) is 10.9. The lowest BCUT2D eigenvalue weighted by atomic mass is 9.93. The lowest BCUT2D eigenvalue weighted by Gasteiger charge is -2.17. The van der Waals surface area contributed by atoms with Gasteiger partial charge in [0.15, 0.2) is 0 Å². The smallest absolute Gasteiger partial charge is 0.0230 e. The number of aryl methyl sites for hydroxylation is 2. The molecule has 1 nitrogen and oxygen atoms in total. The van der Waals surface area contributed by atoms with Gasteiger partial charge in [-0.25, -0.2) is 0 Å². The molecule has 1 aromatic rings. The molecule has 1 rings (SSSR count). The van der Waals surface area contributed by atoms with Crippen LogP contribution in [0.25, 0.3) is 0 Å². The van der Waals surface area contributed by atoms with Gasteiger partial charge in [-0.2, -0.15) is 0 Å². The van der Waals surface area contributed by atoms with Crippen LogP contribution in [0.3, 0.4) is 0 Å². The van der Waals surface area contributed by atoms with Gasteiger partial charge in [0.2, 0.25) is 0 Å². The van der Waals surface area contributed by atoms with Crippen molar-refractivity contribution in [1.29, 1.82) is 0 Å². The Morgan fingerprint density at radius 1 is 1.07 bits per heavy atom. The van der Waals surface area contributed by atoms with Crippen molar-refractivity contribution in [3.05, 3.63) is 34.4 Å². The molecule has 84 valence electrons. The molecule has 0 radical (unpaired) electrons. The first-order chi connectivity index (χ1) is 6.91. The first-order valence-corrected chi connectivity index (χ1v) is 5.66. The van der Waals surface area contributed by atoms with Crippen molar-refractivity contribution in [2.24, 2.45) is 0 Å². The molecule has 0 saturated heterocycles. The molecule has 0 saturated carbocycles. The van der Waals surface area contributed by atoms with E-state index < -0.39 is 0 Å². The van der Waals surface area contributed by atoms with Crippen LogP contribution in [-0.2, 0) is 6.54 Å². The summed E-state index contributed by atoms with van der Waals surface area (Å²) in [7, 11) is 4.23. The number of benzene rings is 1. The highest BCUT2D eigenvalue weighted by Crippen LogP contribution is 2.23. The Bertz CT molecular complexity index is 337. The monoisotopic (exact) mass is 205 g/mol. The Kier molecular flexibility index (Phi) is 3.92. The maximum absolute atomic E-state index is 2.35. The van der Waals surface area contributed by atoms with Gasteiger partial charge < -0.3 is 4.90 Å². The van der Waals surface area contributed by atoms with Gasteiger partial charge in [0, 0.05) is 6.54 Å². The summed E-state index contributed by atoms with van der Waals surface area (Å²) in [5.74, 6) is 0.622. The molecule has 0 aliphatic heterocycles. The van der Waals surface area contributed by atoms with Crippen molar-refractivity contribution in [3.8, 4) is 0 Å². The third kappa shape index (κ3) is 3.07. The Labute approximate surface area is 94.1 Å². The molecule has 1 heteroatoms. The van der Waals surface area contributed by atoms with E-state index >= 15 is 0 Å². The van der Waals surface area contributed by atoms with Crippen LogP contribution in [0, 0.1) is 13.8 Å². The van der Waals surface area contributed by atoms with Crippen molar-refractivity contribution in [2.75, 3.05) is 14.1 Å². The molecule has 0 fully saturated rings. The lowest BCUT2D eigenvalue weighted by Crippen LogP contribution is -2.12. The van der Waals surface area contributed by atoms with Crippen LogP contribution < -0.4 is 0 Å². The largest absolute Gasteiger partial charge is 0.305 e. The fourth-order valence-corrected chi connectivity index (χ4v) is 2.03. The Morgan fingerprint density at radius 3 is 2.13 bits per heavy atom. The third-order valence-electron chi connectivity index (χ3n) is 2.83. The van der Waals surface area contributed by atoms with Crippen LogP contribution in [0.2, 0.25) is 0 Å². The van der Waals surface area contributed by atoms with Gasteiger partial charge in [-0.1, -0.05) is 26.0 Å². The Morgan fingerprint density at radius 2 is 1.67 bits per heavy atom. The second kappa shape index (κ2) is 4.80. The van der Waals surface area contributed by atoms with Gasteiger partial charge in [0.1, 0.15) is 0 Å². The summed E-state index contributed by atoms with van der Waals surface area (Å²) < 4.78 is 0. The zero-order valence-electron chi connectivity index (χ0n) is 10.9. The van der Waals surface area contributed by atoms with E-state index in [4.69, 9.17) is 0 Å². The summed E-state index contributed by atoms with van der Waals surface area (Å²) in [6.45, 7) is 9.98. The van der Waals surface area contributed by atoms with Crippen molar-refractivity contribution in [1.82, 2.24) is 4.90 Å². The third-order valence-corrected chi connectivity index (χ3v) is 2.83. The molecule has 0 bridgehead atoms. The SMILES string of the molecule is Cc1cc(C(C)C)c(C)cc1CN(C)C. The second-order valence-electron chi connectivity index (χ2n) is 5.03. The van der Waals surface area contributed by atoms with Gasteiger partial charge in [-0.15, -0.1) is 0 Å². The normalized spacial score (nSPS) is 11.5. The number of rotatable bonds is 3. The van der Waals surface area contributed by atoms with Crippen LogP contribution >= 0.6 is 0 Å². The maximum Gasteiger partial charge on any atom is 0.0230 e. The molecule has 0 spiro atoms. The summed E-state index contributed by atoms with van der Waals surface area (Å²) in [5, 5.41) is 0. The maximum atomic E-state index is 2.35. The van der Waals surface area contributed by atoms with Gasteiger partial charge in [0.25, 0.3) is 0 Å². The van der Waals surface area contributed by atoms with Crippen LogP contribution in [0.1, 0.15) is 42.0 Å². The quantitative estimate of drug-likeness (QED) is 0.730. The topological polar surface area (TPSA) is 3.24 Å². The molecule has 0 unspecified atom stereocenters. The van der Waals surface area contributed by atoms with E-state index in [2.05, 4.69) is 58.8 Å². The van der Waals surface area contributed by atoms with E-state index in [1.807, 2.05) is 0 Å². The van der Waals surface area contributed by atoms with Crippen LogP contribution in [0.15, 0.2) is 12.1 Å². The van der Waals surface area contributed by atoms with Crippen LogP contribution in [0.5, 0.6) is 0 Å². The number of nitrogens with zero attached hydrogens (tertiary/aromatic N) is 1. The van der Waals surface area contributed by atoms with E-state index in [1.54, 1.807) is 0 Å². The predicted octanol–water partition coefficient (Wildman–Crippen LogP) is 3.49. The average molecular weight is 205 g/mol. The fourth-order valence-electron chi connectivity index (χ4n) is 2.03. The molecule has 0 atom stereocenters. The van der Waals surface area contributed by atoms with Gasteiger partial charge in [-0.3, -0.25) is 0 Å². The minimum Gasteiger partial charge on any atom is -0.305 e. The molecule has 0 N–H and O–H groups in total. The molecule has 0 amide bonds. The Hall–Kier alpha value is -0.820. The summed E-state index contributed by atoms with van der Waals surface area (Å²) in [6, 6.07) is 4.68. The minimum absolute atomic E-state index is 0.622. The standard InChI is InChI=1S/C14H23N/c1-10(2)14-8-11(3)13(7-12(14)4)9-15(5)6/h7-8,10H,9H2,1-6H3. The second-order valence-corrected chi connectivity index (χ2v) is 5.03. The zero-order chi connectivity index (χ0) is 11.6. The molecule has 1 aromatic carbocycles. The van der Waals surface area contributed by atoms with E-state index in [-0.39, 0.29) is 0 Å². The van der Waals surface area contributed by atoms with E-state index in [1.165, 1.54) is 22.3 Å². The lowest BCUT2D eigenvalue weighted by molar-refractivity contribution is 0.401. The highest BCUT2D eigenvalue weighted by Gasteiger charge is 2.07. The first kappa shape index (κ1) is 12.3. The molecular weight excluding hydrogens is 182 g/mol. The molecular formula is C14H23N. The van der Waals surface area contributed by atoms with Gasteiger partial charge in [-0.05, 0) is 56.1 Å². The van der Waals surface area contributed by atoms with E-state index in [0.717, 1.165) is 6.54 Å². The summed E-state index contributed by atoms with van der Waals surface area (Å²) >= 11 is 0. The highest BCUT2D eigenvalue weighted by molar-refractivity contribution is 5.38. The molecule has 0 aromatic heterocycles. The number of hydrogen-bond acceptors (Lipinski definition) is 1. The number of hydrogen-bond donors (Lipinski definition) is 0. The van der Waals surface area contributed by atoms with E-state index in [0.29, 0.717) is 5.92 Å². The van der Waals surface area contributed by atoms with Crippen molar-refractivity contribution >= 4 is 0 Å². The van der Waals surface area contributed by atoms with Crippen LogP contribution in [-0.4, -0.2) is 19.0 Å². The molecule has 0 heterocycles. The molecule has 0 aliphatic carbocycles. The first-order valence-electron chi connectivity index (χ1n) is 5.66. The predicted molar refractivity (Wildman–Crippen MR) is 67.4 cm³/mol. The highest BCUT2D eigenvalue weighted by atomic mass is 15.0. The van der Waals surface area contributed by atoms with E-state index in [9.17, 15) is 0 Å². The fraction of sp³-hybridized carbons (Fsp3) is 0.571. The summed E-state index contributed by atoms with van der Waals surface area (Å²) in [5.41, 5.74) is 5.77. The van der Waals surface area contributed by atoms with Crippen molar-refractivity contribution < 1.29 is 0 Å². The minimum atomic E-state index is 0.622. The van der Waals surface area contributed by atoms with Gasteiger partial charge >= 0.3 is 0 Å². The van der Waals surface area contributed by atoms with Gasteiger partial charge in [0.05, 0.1) is 0 Å². The summed E-state index contributed by atoms with van der Waals surface area (Å²) in [6.07, 6.45) is 0. The van der Waals surface area contributed by atoms with Crippen molar-refractivity contribution in [2.45, 2.75) is 40.2 Å². The van der Waals surface area contributed by atoms with Crippen molar-refractivity contribution in [3.63, 3.8) is 0 Å².